The van der Waals surface area contributed by atoms with E-state index in [1.54, 1.807) is 21.6 Å². The van der Waals surface area contributed by atoms with E-state index in [-0.39, 0.29) is 24.6 Å². The first-order valence-corrected chi connectivity index (χ1v) is 13.6. The molecule has 2 atom stereocenters. The highest BCUT2D eigenvalue weighted by atomic mass is 32.2. The predicted octanol–water partition coefficient (Wildman–Crippen LogP) is 2.71. The summed E-state index contributed by atoms with van der Waals surface area (Å²) in [5, 5.41) is 0. The van der Waals surface area contributed by atoms with E-state index >= 15 is 0 Å². The fraction of sp³-hybridized carbons (Fsp3) is 0.640. The van der Waals surface area contributed by atoms with Gasteiger partial charge >= 0.3 is 12.2 Å². The van der Waals surface area contributed by atoms with Gasteiger partial charge in [-0.3, -0.25) is 14.6 Å². The molecule has 1 aromatic carbocycles. The summed E-state index contributed by atoms with van der Waals surface area (Å²) in [4.78, 5) is 46.2. The SMILES string of the molecule is CC(C)COC(=O)N1CCN([C@H]2C[C@@H](C(=O)N3CCSC3)N(C(=O)OCc3ccccc3)C2)CC1. The van der Waals surface area contributed by atoms with Gasteiger partial charge < -0.3 is 19.3 Å². The molecule has 1 aromatic rings. The lowest BCUT2D eigenvalue weighted by Crippen LogP contribution is -2.52. The Labute approximate surface area is 211 Å². The van der Waals surface area contributed by atoms with Crippen LogP contribution in [0.4, 0.5) is 9.59 Å². The smallest absolute Gasteiger partial charge is 0.410 e. The number of hydrogen-bond acceptors (Lipinski definition) is 7. The second kappa shape index (κ2) is 12.0. The fourth-order valence-corrected chi connectivity index (χ4v) is 5.67. The van der Waals surface area contributed by atoms with E-state index in [1.165, 1.54) is 0 Å². The number of hydrogen-bond donors (Lipinski definition) is 0. The van der Waals surface area contributed by atoms with Crippen LogP contribution in [-0.4, -0.2) is 107 Å². The molecule has 4 rings (SSSR count). The zero-order chi connectivity index (χ0) is 24.8. The average molecular weight is 505 g/mol. The lowest BCUT2D eigenvalue weighted by Gasteiger charge is -2.37. The summed E-state index contributed by atoms with van der Waals surface area (Å²) in [5.74, 6) is 1.90. The van der Waals surface area contributed by atoms with Gasteiger partial charge in [-0.15, -0.1) is 11.8 Å². The maximum Gasteiger partial charge on any atom is 0.410 e. The molecule has 3 aliphatic heterocycles. The number of rotatable bonds is 6. The second-order valence-electron chi connectivity index (χ2n) is 9.73. The van der Waals surface area contributed by atoms with Gasteiger partial charge in [0.15, 0.2) is 0 Å². The van der Waals surface area contributed by atoms with Gasteiger partial charge in [-0.25, -0.2) is 9.59 Å². The van der Waals surface area contributed by atoms with Crippen molar-refractivity contribution in [1.29, 1.82) is 0 Å². The first-order valence-electron chi connectivity index (χ1n) is 12.4. The molecule has 3 aliphatic rings. The molecule has 3 saturated heterocycles. The summed E-state index contributed by atoms with van der Waals surface area (Å²) >= 11 is 1.73. The molecular formula is C25H36N4O5S. The van der Waals surface area contributed by atoms with Gasteiger partial charge in [-0.1, -0.05) is 44.2 Å². The van der Waals surface area contributed by atoms with Crippen LogP contribution in [0.5, 0.6) is 0 Å². The van der Waals surface area contributed by atoms with E-state index in [0.29, 0.717) is 64.1 Å². The van der Waals surface area contributed by atoms with Gasteiger partial charge in [-0.2, -0.15) is 0 Å². The van der Waals surface area contributed by atoms with Crippen LogP contribution in [0.3, 0.4) is 0 Å². The molecule has 3 heterocycles. The molecule has 0 bridgehead atoms. The number of carbonyl (C=O) groups excluding carboxylic acids is 3. The molecule has 0 saturated carbocycles. The van der Waals surface area contributed by atoms with Crippen molar-refractivity contribution in [1.82, 2.24) is 19.6 Å². The Kier molecular flexibility index (Phi) is 8.78. The number of piperazine rings is 1. The van der Waals surface area contributed by atoms with Crippen molar-refractivity contribution in [3.8, 4) is 0 Å². The Balaban J connectivity index is 1.36. The van der Waals surface area contributed by atoms with Crippen molar-refractivity contribution >= 4 is 29.9 Å². The summed E-state index contributed by atoms with van der Waals surface area (Å²) in [7, 11) is 0. The molecule has 3 fully saturated rings. The third kappa shape index (κ3) is 6.61. The van der Waals surface area contributed by atoms with Crippen LogP contribution in [0.1, 0.15) is 25.8 Å². The zero-order valence-electron chi connectivity index (χ0n) is 20.6. The number of ether oxygens (including phenoxy) is 2. The van der Waals surface area contributed by atoms with Crippen LogP contribution >= 0.6 is 11.8 Å². The van der Waals surface area contributed by atoms with Crippen LogP contribution in [0, 0.1) is 5.92 Å². The first-order chi connectivity index (χ1) is 16.9. The largest absolute Gasteiger partial charge is 0.449 e. The molecule has 192 valence electrons. The molecule has 0 radical (unpaired) electrons. The first kappa shape index (κ1) is 25.6. The highest BCUT2D eigenvalue weighted by Crippen LogP contribution is 2.28. The number of carbonyl (C=O) groups is 3. The van der Waals surface area contributed by atoms with Crippen molar-refractivity contribution in [2.45, 2.75) is 39.0 Å². The van der Waals surface area contributed by atoms with E-state index in [9.17, 15) is 14.4 Å². The Bertz CT molecular complexity index is 872. The number of amides is 3. The van der Waals surface area contributed by atoms with Crippen LogP contribution < -0.4 is 0 Å². The van der Waals surface area contributed by atoms with Crippen molar-refractivity contribution in [2.24, 2.45) is 5.92 Å². The molecule has 35 heavy (non-hydrogen) atoms. The van der Waals surface area contributed by atoms with Gasteiger partial charge in [0.2, 0.25) is 5.91 Å². The summed E-state index contributed by atoms with van der Waals surface area (Å²) in [6.45, 7) is 8.32. The monoisotopic (exact) mass is 504 g/mol. The van der Waals surface area contributed by atoms with E-state index < -0.39 is 12.1 Å². The lowest BCUT2D eigenvalue weighted by atomic mass is 10.1. The molecule has 0 unspecified atom stereocenters. The molecular weight excluding hydrogens is 468 g/mol. The maximum atomic E-state index is 13.3. The average Bonchev–Trinajstić information content (AvgIpc) is 3.57. The minimum absolute atomic E-state index is 0.00469. The van der Waals surface area contributed by atoms with E-state index in [4.69, 9.17) is 9.47 Å². The third-order valence-corrected chi connectivity index (χ3v) is 7.66. The number of likely N-dealkylation sites (tertiary alicyclic amines) is 1. The summed E-state index contributed by atoms with van der Waals surface area (Å²) in [5.41, 5.74) is 0.913. The Morgan fingerprint density at radius 3 is 2.37 bits per heavy atom. The highest BCUT2D eigenvalue weighted by molar-refractivity contribution is 7.99. The van der Waals surface area contributed by atoms with Crippen LogP contribution in [0.15, 0.2) is 30.3 Å². The fourth-order valence-electron chi connectivity index (χ4n) is 4.71. The van der Waals surface area contributed by atoms with Gasteiger partial charge in [0.1, 0.15) is 12.6 Å². The predicted molar refractivity (Wildman–Crippen MR) is 134 cm³/mol. The minimum atomic E-state index is -0.518. The van der Waals surface area contributed by atoms with Crippen molar-refractivity contribution in [3.63, 3.8) is 0 Å². The molecule has 10 heteroatoms. The standard InChI is InChI=1S/C25H36N4O5S/c1-19(2)16-33-24(31)27-10-8-26(9-11-27)21-14-22(23(30)28-12-13-35-18-28)29(15-21)25(32)34-17-20-6-4-3-5-7-20/h3-7,19,21-22H,8-18H2,1-2H3/t21-,22-/m0/s1. The minimum Gasteiger partial charge on any atom is -0.449 e. The van der Waals surface area contributed by atoms with Gasteiger partial charge in [-0.05, 0) is 17.9 Å². The second-order valence-corrected chi connectivity index (χ2v) is 10.8. The van der Waals surface area contributed by atoms with Crippen LogP contribution in [0.2, 0.25) is 0 Å². The van der Waals surface area contributed by atoms with Crippen molar-refractivity contribution < 1.29 is 23.9 Å². The van der Waals surface area contributed by atoms with Gasteiger partial charge in [0, 0.05) is 51.1 Å². The van der Waals surface area contributed by atoms with E-state index in [0.717, 1.165) is 11.3 Å². The Morgan fingerprint density at radius 2 is 1.71 bits per heavy atom. The molecule has 3 amide bonds. The van der Waals surface area contributed by atoms with Crippen molar-refractivity contribution in [2.75, 3.05) is 57.5 Å². The lowest BCUT2D eigenvalue weighted by molar-refractivity contribution is -0.134. The molecule has 0 spiro atoms. The molecule has 0 aliphatic carbocycles. The van der Waals surface area contributed by atoms with Crippen molar-refractivity contribution in [3.05, 3.63) is 35.9 Å². The number of benzene rings is 1. The Morgan fingerprint density at radius 1 is 0.971 bits per heavy atom. The van der Waals surface area contributed by atoms with E-state index in [2.05, 4.69) is 4.90 Å². The number of nitrogens with zero attached hydrogens (tertiary/aromatic N) is 4. The van der Waals surface area contributed by atoms with Crippen LogP contribution in [0.25, 0.3) is 0 Å². The summed E-state index contributed by atoms with van der Waals surface area (Å²) < 4.78 is 11.0. The maximum absolute atomic E-state index is 13.3. The Hall–Kier alpha value is -2.46. The third-order valence-electron chi connectivity index (χ3n) is 6.70. The van der Waals surface area contributed by atoms with Crippen LogP contribution in [-0.2, 0) is 20.9 Å². The molecule has 9 nitrogen and oxygen atoms in total. The topological polar surface area (TPSA) is 82.6 Å². The summed E-state index contributed by atoms with van der Waals surface area (Å²) in [6.07, 6.45) is -0.133. The normalized spacial score (nSPS) is 23.1. The number of thioether (sulfide) groups is 1. The zero-order valence-corrected chi connectivity index (χ0v) is 21.5. The van der Waals surface area contributed by atoms with Gasteiger partial charge in [0.05, 0.1) is 12.5 Å². The molecule has 0 N–H and O–H groups in total. The highest BCUT2D eigenvalue weighted by Gasteiger charge is 2.45. The quantitative estimate of drug-likeness (QED) is 0.589. The van der Waals surface area contributed by atoms with Gasteiger partial charge in [0.25, 0.3) is 0 Å². The summed E-state index contributed by atoms with van der Waals surface area (Å²) in [6, 6.07) is 9.09. The van der Waals surface area contributed by atoms with E-state index in [1.807, 2.05) is 49.1 Å². The molecule has 0 aromatic heterocycles.